The van der Waals surface area contributed by atoms with Crippen LogP contribution in [0.1, 0.15) is 37.1 Å². The molecule has 0 aliphatic carbocycles. The smallest absolute Gasteiger partial charge is 0.322 e. The summed E-state index contributed by atoms with van der Waals surface area (Å²) < 4.78 is 13.4. The number of anilines is 2. The summed E-state index contributed by atoms with van der Waals surface area (Å²) in [7, 11) is 3.20. The minimum absolute atomic E-state index is 0.175. The van der Waals surface area contributed by atoms with Crippen LogP contribution in [0.3, 0.4) is 0 Å². The molecular formula is C32H32Cl2N4O4. The van der Waals surface area contributed by atoms with Gasteiger partial charge in [-0.15, -0.1) is 0 Å². The number of fused-ring (bicyclic) bond motifs is 3. The van der Waals surface area contributed by atoms with Gasteiger partial charge in [0.05, 0.1) is 47.0 Å². The first-order chi connectivity index (χ1) is 20.4. The van der Waals surface area contributed by atoms with Gasteiger partial charge in [0.1, 0.15) is 24.1 Å². The monoisotopic (exact) mass is 606 g/mol. The Bertz CT molecular complexity index is 1580. The fraction of sp³-hybridized carbons (Fsp3) is 0.250. The topological polar surface area (TPSA) is 76.0 Å². The van der Waals surface area contributed by atoms with Crippen LogP contribution in [0.15, 0.2) is 79.0 Å². The van der Waals surface area contributed by atoms with E-state index in [1.165, 1.54) is 4.90 Å². The van der Waals surface area contributed by atoms with E-state index in [9.17, 15) is 9.59 Å². The maximum atomic E-state index is 14.5. The molecule has 1 aliphatic rings. The maximum Gasteiger partial charge on any atom is 0.322 e. The number of carbonyl (C=O) groups excluding carboxylic acids is 2. The van der Waals surface area contributed by atoms with Crippen molar-refractivity contribution >= 4 is 46.5 Å². The molecular weight excluding hydrogens is 575 g/mol. The number of hydrogen-bond acceptors (Lipinski definition) is 4. The van der Waals surface area contributed by atoms with Gasteiger partial charge in [-0.05, 0) is 61.0 Å². The Kier molecular flexibility index (Phi) is 8.94. The van der Waals surface area contributed by atoms with Crippen molar-refractivity contribution in [1.29, 1.82) is 0 Å². The van der Waals surface area contributed by atoms with Gasteiger partial charge in [-0.25, -0.2) is 4.79 Å². The highest BCUT2D eigenvalue weighted by Crippen LogP contribution is 2.45. The summed E-state index contributed by atoms with van der Waals surface area (Å²) in [5.74, 6) is 0.983. The molecule has 0 saturated carbocycles. The SMILES string of the molecule is CCCCN(CC(=O)N1c2ccccc2-n2cccc2[C@H]1c1cc(OC)ccc1OC)C(=O)Nc1c(Cl)cccc1Cl. The Morgan fingerprint density at radius 2 is 1.67 bits per heavy atom. The van der Waals surface area contributed by atoms with Crippen molar-refractivity contribution in [3.8, 4) is 17.2 Å². The molecule has 5 rings (SSSR count). The zero-order chi connectivity index (χ0) is 29.8. The second kappa shape index (κ2) is 12.8. The predicted octanol–water partition coefficient (Wildman–Crippen LogP) is 7.57. The normalized spacial score (nSPS) is 13.6. The van der Waals surface area contributed by atoms with Gasteiger partial charge in [0.15, 0.2) is 0 Å². The number of hydrogen-bond donors (Lipinski definition) is 1. The van der Waals surface area contributed by atoms with E-state index in [0.717, 1.165) is 23.4 Å². The Labute approximate surface area is 255 Å². The number of nitrogens with one attached hydrogen (secondary N) is 1. The van der Waals surface area contributed by atoms with Crippen LogP contribution in [-0.4, -0.2) is 48.7 Å². The molecule has 4 aromatic rings. The summed E-state index contributed by atoms with van der Waals surface area (Å²) in [4.78, 5) is 31.3. The van der Waals surface area contributed by atoms with Crippen molar-refractivity contribution in [2.45, 2.75) is 25.8 Å². The van der Waals surface area contributed by atoms with E-state index in [2.05, 4.69) is 9.88 Å². The zero-order valence-corrected chi connectivity index (χ0v) is 25.2. The van der Waals surface area contributed by atoms with E-state index in [1.54, 1.807) is 37.3 Å². The molecule has 0 bridgehead atoms. The Morgan fingerprint density at radius 3 is 2.36 bits per heavy atom. The van der Waals surface area contributed by atoms with Crippen LogP contribution in [0.4, 0.5) is 16.2 Å². The quantitative estimate of drug-likeness (QED) is 0.213. The molecule has 1 N–H and O–H groups in total. The van der Waals surface area contributed by atoms with Crippen molar-refractivity contribution in [2.75, 3.05) is 37.5 Å². The van der Waals surface area contributed by atoms with E-state index < -0.39 is 12.1 Å². The van der Waals surface area contributed by atoms with Gasteiger partial charge in [0, 0.05) is 18.3 Å². The van der Waals surface area contributed by atoms with Gasteiger partial charge in [-0.2, -0.15) is 0 Å². The molecule has 1 aliphatic heterocycles. The van der Waals surface area contributed by atoms with Gasteiger partial charge in [0.2, 0.25) is 5.91 Å². The second-order valence-corrected chi connectivity index (χ2v) is 10.7. The molecule has 218 valence electrons. The lowest BCUT2D eigenvalue weighted by molar-refractivity contribution is -0.119. The average molecular weight is 608 g/mol. The largest absolute Gasteiger partial charge is 0.497 e. The highest BCUT2D eigenvalue weighted by atomic mass is 35.5. The number of para-hydroxylation sites is 3. The number of unbranched alkanes of at least 4 members (excludes halogenated alkanes) is 1. The maximum absolute atomic E-state index is 14.5. The van der Waals surface area contributed by atoms with E-state index in [-0.39, 0.29) is 12.5 Å². The first kappa shape index (κ1) is 29.4. The first-order valence-corrected chi connectivity index (χ1v) is 14.4. The molecule has 1 atom stereocenters. The van der Waals surface area contributed by atoms with Gasteiger partial charge >= 0.3 is 6.03 Å². The van der Waals surface area contributed by atoms with Crippen molar-refractivity contribution in [1.82, 2.24) is 9.47 Å². The summed E-state index contributed by atoms with van der Waals surface area (Å²) >= 11 is 12.7. The number of rotatable bonds is 9. The highest BCUT2D eigenvalue weighted by molar-refractivity contribution is 6.39. The van der Waals surface area contributed by atoms with E-state index in [4.69, 9.17) is 32.7 Å². The van der Waals surface area contributed by atoms with Gasteiger partial charge < -0.3 is 24.3 Å². The number of carbonyl (C=O) groups is 2. The third-order valence-electron chi connectivity index (χ3n) is 7.31. The minimum atomic E-state index is -0.554. The molecule has 3 aromatic carbocycles. The highest BCUT2D eigenvalue weighted by Gasteiger charge is 2.38. The molecule has 3 amide bonds. The van der Waals surface area contributed by atoms with Crippen molar-refractivity contribution < 1.29 is 19.1 Å². The Balaban J connectivity index is 1.57. The molecule has 10 heteroatoms. The van der Waals surface area contributed by atoms with Crippen LogP contribution < -0.4 is 19.7 Å². The summed E-state index contributed by atoms with van der Waals surface area (Å²) in [5, 5.41) is 3.44. The third kappa shape index (κ3) is 5.65. The lowest BCUT2D eigenvalue weighted by Crippen LogP contribution is -2.48. The van der Waals surface area contributed by atoms with E-state index in [0.29, 0.717) is 45.9 Å². The molecule has 8 nitrogen and oxygen atoms in total. The third-order valence-corrected chi connectivity index (χ3v) is 7.94. The Morgan fingerprint density at radius 1 is 0.929 bits per heavy atom. The average Bonchev–Trinajstić information content (AvgIpc) is 3.50. The lowest BCUT2D eigenvalue weighted by atomic mass is 9.96. The molecule has 0 saturated heterocycles. The zero-order valence-electron chi connectivity index (χ0n) is 23.6. The van der Waals surface area contributed by atoms with E-state index in [1.807, 2.05) is 67.7 Å². The number of halogens is 2. The van der Waals surface area contributed by atoms with Gasteiger partial charge in [-0.1, -0.05) is 54.7 Å². The number of nitrogens with zero attached hydrogens (tertiary/aromatic N) is 3. The first-order valence-electron chi connectivity index (χ1n) is 13.7. The van der Waals surface area contributed by atoms with Crippen LogP contribution >= 0.6 is 23.2 Å². The van der Waals surface area contributed by atoms with Crippen LogP contribution in [0, 0.1) is 0 Å². The van der Waals surface area contributed by atoms with Crippen LogP contribution in [-0.2, 0) is 4.79 Å². The van der Waals surface area contributed by atoms with Crippen LogP contribution in [0.25, 0.3) is 5.69 Å². The van der Waals surface area contributed by atoms with Crippen molar-refractivity contribution in [2.24, 2.45) is 0 Å². The van der Waals surface area contributed by atoms with Crippen LogP contribution in [0.5, 0.6) is 11.5 Å². The molecule has 0 radical (unpaired) electrons. The summed E-state index contributed by atoms with van der Waals surface area (Å²) in [6, 6.07) is 21.2. The van der Waals surface area contributed by atoms with E-state index >= 15 is 0 Å². The van der Waals surface area contributed by atoms with Gasteiger partial charge in [-0.3, -0.25) is 9.69 Å². The van der Waals surface area contributed by atoms with Crippen molar-refractivity contribution in [3.63, 3.8) is 0 Å². The van der Waals surface area contributed by atoms with Crippen LogP contribution in [0.2, 0.25) is 10.0 Å². The summed E-state index contributed by atoms with van der Waals surface area (Å²) in [5.41, 5.74) is 3.51. The number of amides is 3. The molecule has 0 fully saturated rings. The number of methoxy groups -OCH3 is 2. The summed E-state index contributed by atoms with van der Waals surface area (Å²) in [6.07, 6.45) is 3.53. The molecule has 1 aromatic heterocycles. The molecule has 2 heterocycles. The van der Waals surface area contributed by atoms with Crippen molar-refractivity contribution in [3.05, 3.63) is 100 Å². The summed E-state index contributed by atoms with van der Waals surface area (Å²) in [6.45, 7) is 2.23. The number of urea groups is 1. The minimum Gasteiger partial charge on any atom is -0.497 e. The molecule has 0 unspecified atom stereocenters. The predicted molar refractivity (Wildman–Crippen MR) is 167 cm³/mol. The fourth-order valence-electron chi connectivity index (χ4n) is 5.25. The van der Waals surface area contributed by atoms with Gasteiger partial charge in [0.25, 0.3) is 0 Å². The fourth-order valence-corrected chi connectivity index (χ4v) is 5.75. The molecule has 0 spiro atoms. The second-order valence-electron chi connectivity index (χ2n) is 9.87. The lowest BCUT2D eigenvalue weighted by Gasteiger charge is -2.40. The molecule has 42 heavy (non-hydrogen) atoms. The standard InChI is InChI=1S/C32H32Cl2N4O4/c1-4-5-17-36(32(40)35-30-23(33)10-8-11-24(30)34)20-29(39)38-26-13-7-6-12-25(26)37-18-9-14-27(37)31(38)22-19-21(41-2)15-16-28(22)42-3/h6-16,18-19,31H,4-5,17,20H2,1-3H3,(H,35,40)/t31-/m1/s1. The Hall–Kier alpha value is -4.14. The number of benzene rings is 3. The number of aromatic nitrogens is 1. The number of ether oxygens (including phenoxy) is 2.